The zero-order valence-electron chi connectivity index (χ0n) is 29.1. The Morgan fingerprint density at radius 2 is 1.61 bits per heavy atom. The minimum Gasteiger partial charge on any atom is -0.492 e. The zero-order valence-corrected chi connectivity index (χ0v) is 30.1. The molecule has 254 valence electrons. The number of nitrogens with two attached hydrogens (primary N) is 1. The molecular weight excluding hydrogens is 604 g/mol. The van der Waals surface area contributed by atoms with Crippen molar-refractivity contribution in [2.75, 3.05) is 32.5 Å². The number of amides is 1. The molecule has 0 aliphatic heterocycles. The molecule has 0 saturated carbocycles. The van der Waals surface area contributed by atoms with E-state index in [1.165, 1.54) is 7.11 Å². The molecule has 1 atom stereocenters. The van der Waals surface area contributed by atoms with Crippen LogP contribution >= 0.6 is 0 Å². The summed E-state index contributed by atoms with van der Waals surface area (Å²) in [5.41, 5.74) is 6.80. The lowest BCUT2D eigenvalue weighted by Gasteiger charge is -2.36. The van der Waals surface area contributed by atoms with E-state index in [0.717, 1.165) is 28.4 Å². The number of ether oxygens (including phenoxy) is 4. The predicted octanol–water partition coefficient (Wildman–Crippen LogP) is 7.79. The van der Waals surface area contributed by atoms with E-state index in [1.807, 2.05) is 45.0 Å². The second-order valence-electron chi connectivity index (χ2n) is 13.4. The van der Waals surface area contributed by atoms with Gasteiger partial charge in [0.1, 0.15) is 23.6 Å². The molecular formula is C34H52N4O7Si. The van der Waals surface area contributed by atoms with Crippen LogP contribution in [-0.2, 0) is 13.9 Å². The van der Waals surface area contributed by atoms with Crippen LogP contribution in [0.1, 0.15) is 74.0 Å². The van der Waals surface area contributed by atoms with Gasteiger partial charge >= 0.3 is 12.2 Å². The van der Waals surface area contributed by atoms with Gasteiger partial charge in [0.2, 0.25) is 5.88 Å². The first-order valence-corrected chi connectivity index (χ1v) is 18.5. The molecule has 46 heavy (non-hydrogen) atoms. The van der Waals surface area contributed by atoms with Gasteiger partial charge in [0.15, 0.2) is 8.32 Å². The number of methoxy groups -OCH3 is 1. The molecule has 3 aromatic rings. The Bertz CT molecular complexity index is 1470. The molecule has 2 N–H and O–H groups in total. The minimum atomic E-state index is -2.08. The molecule has 0 aliphatic rings. The number of anilines is 1. The van der Waals surface area contributed by atoms with E-state index in [0.29, 0.717) is 28.2 Å². The molecule has 0 saturated heterocycles. The quantitative estimate of drug-likeness (QED) is 0.145. The van der Waals surface area contributed by atoms with E-state index < -0.39 is 37.8 Å². The number of aromatic nitrogens is 2. The van der Waals surface area contributed by atoms with E-state index in [2.05, 4.69) is 25.9 Å². The summed E-state index contributed by atoms with van der Waals surface area (Å²) in [7, 11) is -0.586. The molecule has 0 aliphatic carbocycles. The van der Waals surface area contributed by atoms with Crippen molar-refractivity contribution in [2.45, 2.75) is 97.8 Å². The number of carbonyl (C=O) groups excluding carboxylic acids is 2. The fourth-order valence-corrected chi connectivity index (χ4v) is 7.89. The molecule has 0 fully saturated rings. The molecule has 11 nitrogen and oxygen atoms in total. The summed E-state index contributed by atoms with van der Waals surface area (Å²) < 4.78 is 31.0. The van der Waals surface area contributed by atoms with Crippen molar-refractivity contribution in [1.29, 1.82) is 0 Å². The largest absolute Gasteiger partial charge is 0.492 e. The topological polar surface area (TPSA) is 127 Å². The van der Waals surface area contributed by atoms with Crippen LogP contribution < -0.4 is 15.2 Å². The van der Waals surface area contributed by atoms with Gasteiger partial charge in [0.05, 0.1) is 37.2 Å². The van der Waals surface area contributed by atoms with Crippen molar-refractivity contribution >= 4 is 37.1 Å². The normalized spacial score (nSPS) is 12.9. The lowest BCUT2D eigenvalue weighted by Crippen LogP contribution is -2.45. The number of nitrogen functional groups attached to an aromatic ring is 1. The van der Waals surface area contributed by atoms with Crippen LogP contribution in [-0.4, -0.2) is 73.2 Å². The highest BCUT2D eigenvalue weighted by atomic mass is 28.4. The van der Waals surface area contributed by atoms with E-state index in [-0.39, 0.29) is 19.7 Å². The molecule has 1 aromatic heterocycles. The van der Waals surface area contributed by atoms with Crippen LogP contribution in [0.15, 0.2) is 42.5 Å². The van der Waals surface area contributed by atoms with Crippen molar-refractivity contribution < 1.29 is 33.0 Å². The van der Waals surface area contributed by atoms with E-state index in [1.54, 1.807) is 43.9 Å². The first kappa shape index (κ1) is 36.7. The Balaban J connectivity index is 1.89. The predicted molar refractivity (Wildman–Crippen MR) is 183 cm³/mol. The number of rotatable bonds is 13. The summed E-state index contributed by atoms with van der Waals surface area (Å²) in [5, 5.41) is 4.92. The first-order chi connectivity index (χ1) is 21.5. The first-order valence-electron chi connectivity index (χ1n) is 16.0. The number of hydrogen-bond donors (Lipinski definition) is 1. The van der Waals surface area contributed by atoms with Gasteiger partial charge in [-0.25, -0.2) is 9.59 Å². The van der Waals surface area contributed by atoms with E-state index in [9.17, 15) is 9.59 Å². The van der Waals surface area contributed by atoms with Gasteiger partial charge in [-0.05, 0) is 89.5 Å². The monoisotopic (exact) mass is 656 g/mol. The maximum atomic E-state index is 13.6. The standard InChI is InChI=1S/C34H52N4O7Si/c1-11-46(12-2,13-3)45-29(24-15-14-16-25(35)21-24)23-37(31(39)43-33(4,5)6)19-20-42-26-17-18-27-28(22-26)38(36-30(27)41-10)32(40)44-34(7,8)9/h14-18,21-22,29H,11-13,19-20,23,35H2,1-10H3. The summed E-state index contributed by atoms with van der Waals surface area (Å²) in [6.45, 7) is 18.1. The summed E-state index contributed by atoms with van der Waals surface area (Å²) in [6, 6.07) is 15.8. The van der Waals surface area contributed by atoms with Gasteiger partial charge in [-0.3, -0.25) is 0 Å². The Morgan fingerprint density at radius 3 is 2.17 bits per heavy atom. The molecule has 1 heterocycles. The Kier molecular flexibility index (Phi) is 12.1. The van der Waals surface area contributed by atoms with Crippen molar-refractivity contribution in [1.82, 2.24) is 14.7 Å². The Morgan fingerprint density at radius 1 is 0.957 bits per heavy atom. The average Bonchev–Trinajstić information content (AvgIpc) is 3.35. The molecule has 0 radical (unpaired) electrons. The van der Waals surface area contributed by atoms with Gasteiger partial charge in [-0.1, -0.05) is 32.9 Å². The molecule has 12 heteroatoms. The number of fused-ring (bicyclic) bond motifs is 1. The van der Waals surface area contributed by atoms with Gasteiger partial charge in [0.25, 0.3) is 0 Å². The summed E-state index contributed by atoms with van der Waals surface area (Å²) in [6.07, 6.45) is -1.49. The summed E-state index contributed by atoms with van der Waals surface area (Å²) in [4.78, 5) is 28.1. The van der Waals surface area contributed by atoms with Crippen LogP contribution in [0.25, 0.3) is 10.9 Å². The van der Waals surface area contributed by atoms with Gasteiger partial charge in [0, 0.05) is 11.8 Å². The SMILES string of the molecule is CC[Si](CC)(CC)OC(CN(CCOc1ccc2c(OC)nn(C(=O)OC(C)(C)C)c2c1)C(=O)OC(C)(C)C)c1cccc(N)c1. The van der Waals surface area contributed by atoms with Crippen LogP contribution in [0, 0.1) is 0 Å². The lowest BCUT2D eigenvalue weighted by atomic mass is 10.1. The van der Waals surface area contributed by atoms with Gasteiger partial charge in [-0.15, -0.1) is 5.10 Å². The van der Waals surface area contributed by atoms with Crippen molar-refractivity contribution in [3.63, 3.8) is 0 Å². The third-order valence-corrected chi connectivity index (χ3v) is 12.3. The number of carbonyl (C=O) groups is 2. The summed E-state index contributed by atoms with van der Waals surface area (Å²) in [5.74, 6) is 0.781. The second-order valence-corrected chi connectivity index (χ2v) is 18.1. The maximum Gasteiger partial charge on any atom is 0.435 e. The molecule has 3 rings (SSSR count). The van der Waals surface area contributed by atoms with Crippen LogP contribution in [0.4, 0.5) is 15.3 Å². The third kappa shape index (κ3) is 9.86. The zero-order chi connectivity index (χ0) is 34.3. The fourth-order valence-electron chi connectivity index (χ4n) is 5.08. The number of benzene rings is 2. The van der Waals surface area contributed by atoms with Crippen molar-refractivity contribution in [2.24, 2.45) is 0 Å². The summed E-state index contributed by atoms with van der Waals surface area (Å²) >= 11 is 0. The smallest absolute Gasteiger partial charge is 0.435 e. The molecule has 0 spiro atoms. The molecule has 2 aromatic carbocycles. The van der Waals surface area contributed by atoms with Gasteiger partial charge in [-0.2, -0.15) is 4.68 Å². The van der Waals surface area contributed by atoms with E-state index >= 15 is 0 Å². The molecule has 1 unspecified atom stereocenters. The maximum absolute atomic E-state index is 13.6. The van der Waals surface area contributed by atoms with Crippen molar-refractivity contribution in [3.8, 4) is 11.6 Å². The molecule has 1 amide bonds. The number of hydrogen-bond acceptors (Lipinski definition) is 9. The highest BCUT2D eigenvalue weighted by Gasteiger charge is 2.35. The Hall–Kier alpha value is -3.77. The second kappa shape index (κ2) is 15.2. The van der Waals surface area contributed by atoms with Crippen molar-refractivity contribution in [3.05, 3.63) is 48.0 Å². The lowest BCUT2D eigenvalue weighted by molar-refractivity contribution is 0.0131. The minimum absolute atomic E-state index is 0.157. The van der Waals surface area contributed by atoms with Crippen LogP contribution in [0.3, 0.4) is 0 Å². The van der Waals surface area contributed by atoms with Crippen LogP contribution in [0.2, 0.25) is 18.1 Å². The highest BCUT2D eigenvalue weighted by Crippen LogP contribution is 2.32. The fraction of sp³-hybridized carbons (Fsp3) is 0.559. The van der Waals surface area contributed by atoms with Gasteiger partial charge < -0.3 is 34.0 Å². The van der Waals surface area contributed by atoms with Crippen LogP contribution in [0.5, 0.6) is 11.6 Å². The third-order valence-electron chi connectivity index (χ3n) is 7.65. The highest BCUT2D eigenvalue weighted by molar-refractivity contribution is 6.73. The Labute approximate surface area is 274 Å². The average molecular weight is 657 g/mol. The number of nitrogens with zero attached hydrogens (tertiary/aromatic N) is 3. The van der Waals surface area contributed by atoms with E-state index in [4.69, 9.17) is 29.1 Å². The molecule has 0 bridgehead atoms.